The normalized spacial score (nSPS) is 10.3. The molecule has 0 saturated heterocycles. The summed E-state index contributed by atoms with van der Waals surface area (Å²) < 4.78 is 1.72. The number of aryl methyl sites for hydroxylation is 1. The highest BCUT2D eigenvalue weighted by Gasteiger charge is 2.09. The number of hydrogen-bond acceptors (Lipinski definition) is 5. The molecule has 1 aromatic heterocycles. The van der Waals surface area contributed by atoms with Crippen molar-refractivity contribution in [1.29, 1.82) is 0 Å². The lowest BCUT2D eigenvalue weighted by atomic mass is 10.1. The maximum absolute atomic E-state index is 11.1. The summed E-state index contributed by atoms with van der Waals surface area (Å²) in [6.45, 7) is 1.37. The number of nitrogens with two attached hydrogens (primary N) is 1. The lowest BCUT2D eigenvalue weighted by molar-refractivity contribution is 0.0698. The van der Waals surface area contributed by atoms with Crippen LogP contribution in [0.5, 0.6) is 0 Å². The molecule has 1 aromatic carbocycles. The number of carboxylic acids is 1. The molecule has 0 atom stereocenters. The van der Waals surface area contributed by atoms with Crippen molar-refractivity contribution in [2.45, 2.75) is 13.0 Å². The lowest BCUT2D eigenvalue weighted by Gasteiger charge is -2.10. The summed E-state index contributed by atoms with van der Waals surface area (Å²) in [5.41, 5.74) is 6.76. The zero-order valence-corrected chi connectivity index (χ0v) is 10.3. The van der Waals surface area contributed by atoms with E-state index in [0.717, 1.165) is 13.0 Å². The van der Waals surface area contributed by atoms with Crippen LogP contribution in [0.2, 0.25) is 0 Å². The predicted molar refractivity (Wildman–Crippen MR) is 70.9 cm³/mol. The van der Waals surface area contributed by atoms with Gasteiger partial charge in [0.15, 0.2) is 0 Å². The second-order valence-electron chi connectivity index (χ2n) is 4.06. The number of rotatable bonds is 6. The average Bonchev–Trinajstić information content (AvgIpc) is 2.89. The number of nitrogens with zero attached hydrogens (tertiary/aromatic N) is 3. The molecule has 0 unspecified atom stereocenters. The quantitative estimate of drug-likeness (QED) is 0.530. The summed E-state index contributed by atoms with van der Waals surface area (Å²) in [6.07, 6.45) is 4.22. The Morgan fingerprint density at radius 1 is 1.47 bits per heavy atom. The molecule has 0 bridgehead atoms. The van der Waals surface area contributed by atoms with Crippen molar-refractivity contribution < 1.29 is 9.90 Å². The van der Waals surface area contributed by atoms with Gasteiger partial charge in [0.05, 0.1) is 11.8 Å². The molecular weight excluding hydrogens is 246 g/mol. The van der Waals surface area contributed by atoms with Gasteiger partial charge < -0.3 is 16.2 Å². The molecule has 100 valence electrons. The third kappa shape index (κ3) is 3.44. The van der Waals surface area contributed by atoms with Crippen LogP contribution in [0.1, 0.15) is 16.8 Å². The second-order valence-corrected chi connectivity index (χ2v) is 4.06. The number of hydrogen-bond donors (Lipinski definition) is 3. The minimum absolute atomic E-state index is 0.181. The molecule has 2 rings (SSSR count). The first-order valence-corrected chi connectivity index (χ1v) is 5.87. The number of aromatic nitrogens is 3. The first-order chi connectivity index (χ1) is 9.16. The Labute approximate surface area is 110 Å². The summed E-state index contributed by atoms with van der Waals surface area (Å²) in [7, 11) is 0. The number of benzene rings is 1. The number of carbonyl (C=O) groups is 1. The molecule has 2 aromatic rings. The van der Waals surface area contributed by atoms with Gasteiger partial charge in [-0.05, 0) is 24.6 Å². The minimum atomic E-state index is -0.994. The monoisotopic (exact) mass is 261 g/mol. The van der Waals surface area contributed by atoms with Gasteiger partial charge in [0, 0.05) is 30.7 Å². The Bertz CT molecular complexity index is 553. The van der Waals surface area contributed by atoms with E-state index in [0.29, 0.717) is 17.9 Å². The molecule has 0 saturated carbocycles. The molecule has 0 aliphatic carbocycles. The Kier molecular flexibility index (Phi) is 3.97. The van der Waals surface area contributed by atoms with Gasteiger partial charge in [-0.1, -0.05) is 5.21 Å². The van der Waals surface area contributed by atoms with E-state index in [1.807, 2.05) is 0 Å². The van der Waals surface area contributed by atoms with Crippen molar-refractivity contribution in [2.75, 3.05) is 17.6 Å². The molecule has 0 fully saturated rings. The van der Waals surface area contributed by atoms with Gasteiger partial charge in [0.25, 0.3) is 0 Å². The average molecular weight is 261 g/mol. The molecule has 0 aliphatic heterocycles. The van der Waals surface area contributed by atoms with Gasteiger partial charge in [-0.2, -0.15) is 0 Å². The predicted octanol–water partition coefficient (Wildman–Crippen LogP) is 1.06. The van der Waals surface area contributed by atoms with Crippen LogP contribution in [0.4, 0.5) is 11.4 Å². The number of nitrogens with one attached hydrogen (secondary N) is 1. The van der Waals surface area contributed by atoms with Crippen molar-refractivity contribution in [3.8, 4) is 0 Å². The largest absolute Gasteiger partial charge is 0.478 e. The Morgan fingerprint density at radius 3 is 3.00 bits per heavy atom. The topological polar surface area (TPSA) is 106 Å². The van der Waals surface area contributed by atoms with Crippen LogP contribution in [0.25, 0.3) is 0 Å². The van der Waals surface area contributed by atoms with E-state index in [4.69, 9.17) is 10.8 Å². The van der Waals surface area contributed by atoms with E-state index in [2.05, 4.69) is 15.6 Å². The van der Waals surface area contributed by atoms with Crippen LogP contribution in [-0.4, -0.2) is 32.6 Å². The molecule has 4 N–H and O–H groups in total. The van der Waals surface area contributed by atoms with Crippen molar-refractivity contribution in [2.24, 2.45) is 0 Å². The number of carboxylic acid groups (broad SMARTS) is 1. The first-order valence-electron chi connectivity index (χ1n) is 5.87. The summed E-state index contributed by atoms with van der Waals surface area (Å²) in [5, 5.41) is 19.7. The molecule has 0 radical (unpaired) electrons. The molecular formula is C12H15N5O2. The first kappa shape index (κ1) is 12.9. The van der Waals surface area contributed by atoms with Crippen molar-refractivity contribution >= 4 is 17.3 Å². The third-order valence-electron chi connectivity index (χ3n) is 2.63. The smallest absolute Gasteiger partial charge is 0.337 e. The highest BCUT2D eigenvalue weighted by Crippen LogP contribution is 2.18. The fourth-order valence-corrected chi connectivity index (χ4v) is 1.71. The fraction of sp³-hybridized carbons (Fsp3) is 0.250. The Hall–Kier alpha value is -2.57. The number of anilines is 2. The van der Waals surface area contributed by atoms with E-state index in [1.165, 1.54) is 6.07 Å². The SMILES string of the molecule is Nc1ccc(NCCCn2ccnn2)c(C(=O)O)c1. The van der Waals surface area contributed by atoms with E-state index >= 15 is 0 Å². The minimum Gasteiger partial charge on any atom is -0.478 e. The van der Waals surface area contributed by atoms with Gasteiger partial charge in [0.1, 0.15) is 0 Å². The van der Waals surface area contributed by atoms with Gasteiger partial charge in [-0.25, -0.2) is 4.79 Å². The van der Waals surface area contributed by atoms with Crippen LogP contribution >= 0.6 is 0 Å². The molecule has 7 heteroatoms. The van der Waals surface area contributed by atoms with E-state index in [-0.39, 0.29) is 5.56 Å². The van der Waals surface area contributed by atoms with Gasteiger partial charge in [0.2, 0.25) is 0 Å². The van der Waals surface area contributed by atoms with Gasteiger partial charge in [-0.15, -0.1) is 5.10 Å². The van der Waals surface area contributed by atoms with Gasteiger partial charge in [-0.3, -0.25) is 4.68 Å². The van der Waals surface area contributed by atoms with E-state index in [1.54, 1.807) is 29.2 Å². The van der Waals surface area contributed by atoms with Crippen LogP contribution < -0.4 is 11.1 Å². The highest BCUT2D eigenvalue weighted by atomic mass is 16.4. The molecule has 0 amide bonds. The molecule has 7 nitrogen and oxygen atoms in total. The third-order valence-corrected chi connectivity index (χ3v) is 2.63. The maximum Gasteiger partial charge on any atom is 0.337 e. The van der Waals surface area contributed by atoms with Crippen molar-refractivity contribution in [1.82, 2.24) is 15.0 Å². The summed E-state index contributed by atoms with van der Waals surface area (Å²) in [4.78, 5) is 11.1. The van der Waals surface area contributed by atoms with Crippen LogP contribution in [0, 0.1) is 0 Å². The highest BCUT2D eigenvalue weighted by molar-refractivity contribution is 5.95. The fourth-order valence-electron chi connectivity index (χ4n) is 1.71. The van der Waals surface area contributed by atoms with E-state index in [9.17, 15) is 4.79 Å². The summed E-state index contributed by atoms with van der Waals surface area (Å²) in [6, 6.07) is 4.79. The standard InChI is InChI=1S/C12H15N5O2/c13-9-2-3-11(10(8-9)12(18)19)14-4-1-6-17-7-5-15-16-17/h2-3,5,7-8,14H,1,4,6,13H2,(H,18,19). The van der Waals surface area contributed by atoms with Crippen molar-refractivity contribution in [3.63, 3.8) is 0 Å². The number of nitrogen functional groups attached to an aromatic ring is 1. The second kappa shape index (κ2) is 5.85. The Balaban J connectivity index is 1.90. The zero-order valence-electron chi connectivity index (χ0n) is 10.3. The van der Waals surface area contributed by atoms with Crippen LogP contribution in [-0.2, 0) is 6.54 Å². The van der Waals surface area contributed by atoms with Crippen LogP contribution in [0.15, 0.2) is 30.6 Å². The Morgan fingerprint density at radius 2 is 2.32 bits per heavy atom. The molecule has 1 heterocycles. The lowest BCUT2D eigenvalue weighted by Crippen LogP contribution is -2.10. The summed E-state index contributed by atoms with van der Waals surface area (Å²) >= 11 is 0. The maximum atomic E-state index is 11.1. The zero-order chi connectivity index (χ0) is 13.7. The van der Waals surface area contributed by atoms with Crippen LogP contribution in [0.3, 0.4) is 0 Å². The van der Waals surface area contributed by atoms with E-state index < -0.39 is 5.97 Å². The van der Waals surface area contributed by atoms with Gasteiger partial charge >= 0.3 is 5.97 Å². The summed E-state index contributed by atoms with van der Waals surface area (Å²) in [5.74, 6) is -0.994. The molecule has 0 aliphatic rings. The molecule has 19 heavy (non-hydrogen) atoms. The number of aromatic carboxylic acids is 1. The molecule has 0 spiro atoms. The van der Waals surface area contributed by atoms with Crippen molar-refractivity contribution in [3.05, 3.63) is 36.2 Å².